The fourth-order valence-corrected chi connectivity index (χ4v) is 3.97. The topological polar surface area (TPSA) is 73.5 Å². The molecule has 0 atom stereocenters. The van der Waals surface area contributed by atoms with Crippen LogP contribution in [0.25, 0.3) is 0 Å². The first-order valence-corrected chi connectivity index (χ1v) is 9.64. The number of carbonyl (C=O) groups excluding carboxylic acids is 2. The van der Waals surface area contributed by atoms with Crippen molar-refractivity contribution in [2.24, 2.45) is 5.92 Å². The van der Waals surface area contributed by atoms with Crippen molar-refractivity contribution in [3.8, 4) is 0 Å². The van der Waals surface area contributed by atoms with Gasteiger partial charge >= 0.3 is 6.03 Å². The number of para-hydroxylation sites is 1. The van der Waals surface area contributed by atoms with Crippen LogP contribution in [0.3, 0.4) is 0 Å². The summed E-state index contributed by atoms with van der Waals surface area (Å²) < 4.78 is 0. The summed E-state index contributed by atoms with van der Waals surface area (Å²) in [5, 5.41) is 9.41. The molecule has 0 spiro atoms. The average molecular weight is 372 g/mol. The third kappa shape index (κ3) is 4.83. The number of piperidine rings is 1. The van der Waals surface area contributed by atoms with Gasteiger partial charge in [-0.15, -0.1) is 11.3 Å². The maximum Gasteiger partial charge on any atom is 0.324 e. The van der Waals surface area contributed by atoms with Crippen molar-refractivity contribution in [1.82, 2.24) is 10.2 Å². The van der Waals surface area contributed by atoms with Crippen molar-refractivity contribution < 1.29 is 9.59 Å². The fourth-order valence-electron chi connectivity index (χ4n) is 3.10. The maximum atomic E-state index is 12.6. The molecule has 3 N–H and O–H groups in total. The van der Waals surface area contributed by atoms with E-state index in [4.69, 9.17) is 0 Å². The van der Waals surface area contributed by atoms with Crippen molar-refractivity contribution in [2.75, 3.05) is 37.3 Å². The molecule has 1 aliphatic heterocycles. The molecule has 26 heavy (non-hydrogen) atoms. The van der Waals surface area contributed by atoms with E-state index in [-0.39, 0.29) is 11.9 Å². The third-order valence-corrected chi connectivity index (χ3v) is 5.47. The summed E-state index contributed by atoms with van der Waals surface area (Å²) in [4.78, 5) is 27.3. The van der Waals surface area contributed by atoms with Crippen LogP contribution in [0.1, 0.15) is 22.5 Å². The van der Waals surface area contributed by atoms with Crippen LogP contribution in [0.5, 0.6) is 0 Å². The van der Waals surface area contributed by atoms with Crippen LogP contribution in [0.4, 0.5) is 15.5 Å². The smallest absolute Gasteiger partial charge is 0.324 e. The van der Waals surface area contributed by atoms with Crippen LogP contribution in [0.15, 0.2) is 42.5 Å². The third-order valence-electron chi connectivity index (χ3n) is 4.48. The van der Waals surface area contributed by atoms with Gasteiger partial charge in [-0.1, -0.05) is 18.2 Å². The van der Waals surface area contributed by atoms with Gasteiger partial charge in [0.1, 0.15) is 0 Å². The molecule has 2 heterocycles. The van der Waals surface area contributed by atoms with Crippen LogP contribution < -0.4 is 16.0 Å². The second-order valence-corrected chi connectivity index (χ2v) is 7.49. The molecule has 0 saturated carbocycles. The lowest BCUT2D eigenvalue weighted by Gasteiger charge is -2.31. The monoisotopic (exact) mass is 372 g/mol. The number of carbonyl (C=O) groups is 2. The minimum absolute atomic E-state index is 0.0504. The number of nitrogens with one attached hydrogen (secondary N) is 3. The number of urea groups is 1. The predicted octanol–water partition coefficient (Wildman–Crippen LogP) is 3.46. The summed E-state index contributed by atoms with van der Waals surface area (Å²) in [5.74, 6) is 0.695. The van der Waals surface area contributed by atoms with Gasteiger partial charge in [0.05, 0.1) is 9.88 Å². The van der Waals surface area contributed by atoms with Crippen molar-refractivity contribution in [1.29, 1.82) is 0 Å². The Morgan fingerprint density at radius 3 is 2.50 bits per heavy atom. The molecule has 7 heteroatoms. The molecular formula is C19H24N4O2S. The summed E-state index contributed by atoms with van der Waals surface area (Å²) in [6.07, 6.45) is 2.06. The summed E-state index contributed by atoms with van der Waals surface area (Å²) in [6, 6.07) is 12.5. The molecule has 0 radical (unpaired) electrons. The fraction of sp³-hybridized carbons (Fsp3) is 0.368. The zero-order valence-electron chi connectivity index (χ0n) is 14.8. The van der Waals surface area contributed by atoms with E-state index >= 15 is 0 Å². The van der Waals surface area contributed by atoms with E-state index in [1.807, 2.05) is 42.3 Å². The maximum absolute atomic E-state index is 12.6. The Balaban J connectivity index is 1.52. The molecule has 1 aliphatic rings. The average Bonchev–Trinajstić information content (AvgIpc) is 3.11. The molecule has 6 nitrogen and oxygen atoms in total. The highest BCUT2D eigenvalue weighted by Gasteiger charge is 2.24. The second kappa shape index (κ2) is 8.82. The second-order valence-electron chi connectivity index (χ2n) is 6.40. The molecule has 0 unspecified atom stereocenters. The zero-order valence-corrected chi connectivity index (χ0v) is 15.6. The largest absolute Gasteiger partial charge is 0.338 e. The van der Waals surface area contributed by atoms with Crippen LogP contribution >= 0.6 is 11.3 Å². The van der Waals surface area contributed by atoms with Crippen molar-refractivity contribution in [2.45, 2.75) is 12.8 Å². The first-order valence-electron chi connectivity index (χ1n) is 8.82. The van der Waals surface area contributed by atoms with E-state index in [2.05, 4.69) is 16.0 Å². The molecule has 0 aliphatic carbocycles. The van der Waals surface area contributed by atoms with Crippen LogP contribution in [0.2, 0.25) is 0 Å². The van der Waals surface area contributed by atoms with Gasteiger partial charge in [-0.2, -0.15) is 0 Å². The Kier molecular flexibility index (Phi) is 6.25. The highest BCUT2D eigenvalue weighted by atomic mass is 32.1. The lowest BCUT2D eigenvalue weighted by atomic mass is 9.97. The highest BCUT2D eigenvalue weighted by molar-refractivity contribution is 7.18. The number of likely N-dealkylation sites (tertiary alicyclic amines) is 1. The Bertz CT molecular complexity index is 739. The van der Waals surface area contributed by atoms with E-state index < -0.39 is 0 Å². The van der Waals surface area contributed by atoms with E-state index in [0.717, 1.165) is 38.2 Å². The van der Waals surface area contributed by atoms with Crippen LogP contribution in [-0.4, -0.2) is 43.5 Å². The van der Waals surface area contributed by atoms with Gasteiger partial charge in [-0.05, 0) is 56.6 Å². The molecule has 1 saturated heterocycles. The number of amides is 3. The van der Waals surface area contributed by atoms with Gasteiger partial charge in [0, 0.05) is 18.8 Å². The quantitative estimate of drug-likeness (QED) is 0.752. The summed E-state index contributed by atoms with van der Waals surface area (Å²) >= 11 is 1.31. The van der Waals surface area contributed by atoms with Crippen LogP contribution in [0, 0.1) is 5.92 Å². The van der Waals surface area contributed by atoms with Gasteiger partial charge < -0.3 is 15.5 Å². The normalized spacial score (nSPS) is 14.9. The lowest BCUT2D eigenvalue weighted by molar-refractivity contribution is 0.0696. The number of thiophene rings is 1. The van der Waals surface area contributed by atoms with E-state index in [1.54, 1.807) is 12.1 Å². The molecular weight excluding hydrogens is 348 g/mol. The first-order chi connectivity index (χ1) is 12.7. The number of nitrogens with zero attached hydrogens (tertiary/aromatic N) is 1. The molecule has 1 aromatic carbocycles. The van der Waals surface area contributed by atoms with E-state index in [0.29, 0.717) is 15.8 Å². The Labute approximate surface area is 157 Å². The van der Waals surface area contributed by atoms with Crippen molar-refractivity contribution in [3.05, 3.63) is 47.3 Å². The molecule has 1 fully saturated rings. The molecule has 3 rings (SSSR count). The zero-order chi connectivity index (χ0) is 18.4. The highest BCUT2D eigenvalue weighted by Crippen LogP contribution is 2.25. The standard InChI is InChI=1S/C19H24N4O2S/c1-20-13-14-9-11-23(12-10-14)18(24)16-7-8-17(26-16)22-19(25)21-15-5-3-2-4-6-15/h2-8,14,20H,9-13H2,1H3,(H2,21,22,25). The van der Waals surface area contributed by atoms with Gasteiger partial charge in [0.15, 0.2) is 0 Å². The minimum atomic E-state index is -0.315. The Morgan fingerprint density at radius 2 is 1.81 bits per heavy atom. The molecule has 2 aromatic rings. The van der Waals surface area contributed by atoms with Gasteiger partial charge in [-0.25, -0.2) is 4.79 Å². The molecule has 1 aromatic heterocycles. The number of anilines is 2. The Morgan fingerprint density at radius 1 is 1.08 bits per heavy atom. The number of hydrogen-bond donors (Lipinski definition) is 3. The van der Waals surface area contributed by atoms with E-state index in [1.165, 1.54) is 11.3 Å². The SMILES string of the molecule is CNCC1CCN(C(=O)c2ccc(NC(=O)Nc3ccccc3)s2)CC1. The van der Waals surface area contributed by atoms with Crippen molar-refractivity contribution in [3.63, 3.8) is 0 Å². The number of benzene rings is 1. The van der Waals surface area contributed by atoms with E-state index in [9.17, 15) is 9.59 Å². The van der Waals surface area contributed by atoms with Crippen LogP contribution in [-0.2, 0) is 0 Å². The number of rotatable bonds is 5. The molecule has 0 bridgehead atoms. The minimum Gasteiger partial charge on any atom is -0.338 e. The Hall–Kier alpha value is -2.38. The number of hydrogen-bond acceptors (Lipinski definition) is 4. The first kappa shape index (κ1) is 18.4. The van der Waals surface area contributed by atoms with Gasteiger partial charge in [-0.3, -0.25) is 10.1 Å². The summed E-state index contributed by atoms with van der Waals surface area (Å²) in [6.45, 7) is 2.59. The molecule has 138 valence electrons. The lowest BCUT2D eigenvalue weighted by Crippen LogP contribution is -2.40. The van der Waals surface area contributed by atoms with Crippen molar-refractivity contribution >= 4 is 34.0 Å². The summed E-state index contributed by atoms with van der Waals surface area (Å²) in [5.41, 5.74) is 0.724. The summed E-state index contributed by atoms with van der Waals surface area (Å²) in [7, 11) is 1.96. The van der Waals surface area contributed by atoms with Gasteiger partial charge in [0.25, 0.3) is 5.91 Å². The predicted molar refractivity (Wildman–Crippen MR) is 106 cm³/mol. The molecule has 3 amide bonds. The van der Waals surface area contributed by atoms with Gasteiger partial charge in [0.2, 0.25) is 0 Å².